The maximum atomic E-state index is 12.0. The number of nitrogens with one attached hydrogen (secondary N) is 1. The number of carbonyl (C=O) groups is 2. The molecular formula is C15H27NO5. The number of unbranched alkanes of at least 4 members (excludes halogenated alkanes) is 1. The van der Waals surface area contributed by atoms with Gasteiger partial charge in [0.2, 0.25) is 5.91 Å². The van der Waals surface area contributed by atoms with Gasteiger partial charge in [0, 0.05) is 6.61 Å². The van der Waals surface area contributed by atoms with Crippen LogP contribution in [0.3, 0.4) is 0 Å². The summed E-state index contributed by atoms with van der Waals surface area (Å²) < 4.78 is 11.0. The standard InChI is InChI=1S/C15H27NO5/c1-3-4-8-13(15(18)19)16-14(17)11(2)21-10-12-7-5-6-9-20-12/h11-13H,3-10H2,1-2H3,(H,16,17)(H,18,19)/t11?,12?,13-/m0/s1. The van der Waals surface area contributed by atoms with Gasteiger partial charge in [0.25, 0.3) is 0 Å². The van der Waals surface area contributed by atoms with Gasteiger partial charge >= 0.3 is 5.97 Å². The quantitative estimate of drug-likeness (QED) is 0.677. The molecule has 1 aliphatic rings. The first-order valence-electron chi connectivity index (χ1n) is 7.81. The van der Waals surface area contributed by atoms with E-state index in [1.165, 1.54) is 0 Å². The lowest BCUT2D eigenvalue weighted by atomic mass is 10.1. The first-order chi connectivity index (χ1) is 10.0. The number of amides is 1. The van der Waals surface area contributed by atoms with E-state index in [0.717, 1.165) is 38.7 Å². The van der Waals surface area contributed by atoms with E-state index in [9.17, 15) is 9.59 Å². The fourth-order valence-corrected chi connectivity index (χ4v) is 2.22. The lowest BCUT2D eigenvalue weighted by Crippen LogP contribution is -2.46. The molecule has 0 radical (unpaired) electrons. The largest absolute Gasteiger partial charge is 0.480 e. The van der Waals surface area contributed by atoms with Crippen molar-refractivity contribution in [2.45, 2.75) is 70.6 Å². The van der Waals surface area contributed by atoms with Crippen LogP contribution in [0.25, 0.3) is 0 Å². The molecule has 6 nitrogen and oxygen atoms in total. The number of hydrogen-bond donors (Lipinski definition) is 2. The third-order valence-electron chi connectivity index (χ3n) is 3.64. The van der Waals surface area contributed by atoms with Crippen molar-refractivity contribution in [1.82, 2.24) is 5.32 Å². The fraction of sp³-hybridized carbons (Fsp3) is 0.867. The number of hydrogen-bond acceptors (Lipinski definition) is 4. The highest BCUT2D eigenvalue weighted by atomic mass is 16.5. The van der Waals surface area contributed by atoms with Crippen molar-refractivity contribution in [3.63, 3.8) is 0 Å². The Balaban J connectivity index is 2.32. The highest BCUT2D eigenvalue weighted by Gasteiger charge is 2.24. The van der Waals surface area contributed by atoms with Crippen LogP contribution in [0.2, 0.25) is 0 Å². The van der Waals surface area contributed by atoms with Crippen LogP contribution < -0.4 is 5.32 Å². The first kappa shape index (κ1) is 17.9. The van der Waals surface area contributed by atoms with Crippen LogP contribution in [0.1, 0.15) is 52.4 Å². The van der Waals surface area contributed by atoms with Crippen molar-refractivity contribution in [3.05, 3.63) is 0 Å². The molecule has 1 amide bonds. The number of carboxylic acids is 1. The van der Waals surface area contributed by atoms with Crippen LogP contribution in [-0.2, 0) is 19.1 Å². The predicted octanol–water partition coefficient (Wildman–Crippen LogP) is 1.72. The number of carboxylic acid groups (broad SMARTS) is 1. The fourth-order valence-electron chi connectivity index (χ4n) is 2.22. The summed E-state index contributed by atoms with van der Waals surface area (Å²) in [6.45, 7) is 4.74. The molecule has 0 aliphatic carbocycles. The summed E-state index contributed by atoms with van der Waals surface area (Å²) in [4.78, 5) is 23.0. The number of rotatable bonds is 9. The highest BCUT2D eigenvalue weighted by molar-refractivity contribution is 5.86. The number of carbonyl (C=O) groups excluding carboxylic acids is 1. The van der Waals surface area contributed by atoms with Crippen molar-refractivity contribution >= 4 is 11.9 Å². The molecule has 6 heteroatoms. The van der Waals surface area contributed by atoms with Crippen LogP contribution in [0.4, 0.5) is 0 Å². The van der Waals surface area contributed by atoms with Gasteiger partial charge in [0.05, 0.1) is 12.7 Å². The molecule has 1 heterocycles. The third kappa shape index (κ3) is 6.91. The van der Waals surface area contributed by atoms with E-state index >= 15 is 0 Å². The van der Waals surface area contributed by atoms with Gasteiger partial charge in [-0.25, -0.2) is 4.79 Å². The summed E-state index contributed by atoms with van der Waals surface area (Å²) in [5.41, 5.74) is 0. The van der Waals surface area contributed by atoms with Crippen LogP contribution in [-0.4, -0.2) is 48.4 Å². The molecule has 1 saturated heterocycles. The molecule has 0 bridgehead atoms. The van der Waals surface area contributed by atoms with Gasteiger partial charge in [-0.3, -0.25) is 4.79 Å². The zero-order valence-corrected chi connectivity index (χ0v) is 13.0. The molecule has 0 aromatic rings. The van der Waals surface area contributed by atoms with Gasteiger partial charge in [-0.2, -0.15) is 0 Å². The van der Waals surface area contributed by atoms with Crippen molar-refractivity contribution < 1.29 is 24.2 Å². The van der Waals surface area contributed by atoms with Crippen LogP contribution in [0, 0.1) is 0 Å². The number of ether oxygens (including phenoxy) is 2. The third-order valence-corrected chi connectivity index (χ3v) is 3.64. The molecule has 0 saturated carbocycles. The minimum absolute atomic E-state index is 0.0457. The summed E-state index contributed by atoms with van der Waals surface area (Å²) >= 11 is 0. The van der Waals surface area contributed by atoms with E-state index in [4.69, 9.17) is 14.6 Å². The lowest BCUT2D eigenvalue weighted by molar-refractivity contribution is -0.145. The van der Waals surface area contributed by atoms with Gasteiger partial charge in [-0.1, -0.05) is 19.8 Å². The Labute approximate surface area is 126 Å². The van der Waals surface area contributed by atoms with Gasteiger partial charge in [-0.15, -0.1) is 0 Å². The molecule has 0 aromatic heterocycles. The Hall–Kier alpha value is -1.14. The molecular weight excluding hydrogens is 274 g/mol. The Morgan fingerprint density at radius 2 is 2.19 bits per heavy atom. The second kappa shape index (κ2) is 9.73. The van der Waals surface area contributed by atoms with E-state index < -0.39 is 18.1 Å². The van der Waals surface area contributed by atoms with Gasteiger partial charge in [0.1, 0.15) is 12.1 Å². The summed E-state index contributed by atoms with van der Waals surface area (Å²) in [5, 5.41) is 11.6. The topological polar surface area (TPSA) is 84.9 Å². The van der Waals surface area contributed by atoms with Crippen molar-refractivity contribution in [3.8, 4) is 0 Å². The molecule has 1 fully saturated rings. The molecule has 2 unspecified atom stereocenters. The van der Waals surface area contributed by atoms with Crippen molar-refractivity contribution in [2.24, 2.45) is 0 Å². The first-order valence-corrected chi connectivity index (χ1v) is 7.81. The van der Waals surface area contributed by atoms with Crippen LogP contribution in [0.15, 0.2) is 0 Å². The van der Waals surface area contributed by atoms with E-state index in [-0.39, 0.29) is 12.0 Å². The van der Waals surface area contributed by atoms with Gasteiger partial charge in [0.15, 0.2) is 0 Å². The highest BCUT2D eigenvalue weighted by Crippen LogP contribution is 2.13. The second-order valence-electron chi connectivity index (χ2n) is 5.51. The zero-order chi connectivity index (χ0) is 15.7. The molecule has 1 aliphatic heterocycles. The second-order valence-corrected chi connectivity index (χ2v) is 5.51. The zero-order valence-electron chi connectivity index (χ0n) is 13.0. The molecule has 122 valence electrons. The Morgan fingerprint density at radius 1 is 1.43 bits per heavy atom. The maximum absolute atomic E-state index is 12.0. The molecule has 1 rings (SSSR count). The molecule has 2 N–H and O–H groups in total. The molecule has 21 heavy (non-hydrogen) atoms. The summed E-state index contributed by atoms with van der Waals surface area (Å²) in [5.74, 6) is -1.38. The summed E-state index contributed by atoms with van der Waals surface area (Å²) in [6, 6.07) is -0.838. The van der Waals surface area contributed by atoms with E-state index in [1.54, 1.807) is 6.92 Å². The van der Waals surface area contributed by atoms with E-state index in [2.05, 4.69) is 5.32 Å². The smallest absolute Gasteiger partial charge is 0.326 e. The predicted molar refractivity (Wildman–Crippen MR) is 78.1 cm³/mol. The molecule has 3 atom stereocenters. The normalized spacial score (nSPS) is 21.5. The minimum Gasteiger partial charge on any atom is -0.480 e. The monoisotopic (exact) mass is 301 g/mol. The Bertz CT molecular complexity index is 328. The number of aliphatic carboxylic acids is 1. The van der Waals surface area contributed by atoms with E-state index in [0.29, 0.717) is 13.0 Å². The van der Waals surface area contributed by atoms with Crippen LogP contribution in [0.5, 0.6) is 0 Å². The lowest BCUT2D eigenvalue weighted by Gasteiger charge is -2.24. The molecule has 0 aromatic carbocycles. The minimum atomic E-state index is -1.00. The average molecular weight is 301 g/mol. The van der Waals surface area contributed by atoms with Gasteiger partial charge in [-0.05, 0) is 32.6 Å². The Morgan fingerprint density at radius 3 is 2.76 bits per heavy atom. The van der Waals surface area contributed by atoms with E-state index in [1.807, 2.05) is 6.92 Å². The summed E-state index contributed by atoms with van der Waals surface area (Å²) in [7, 11) is 0. The van der Waals surface area contributed by atoms with Crippen molar-refractivity contribution in [1.29, 1.82) is 0 Å². The SMILES string of the molecule is CCCC[C@H](NC(=O)C(C)OCC1CCCCO1)C(=O)O. The van der Waals surface area contributed by atoms with Crippen molar-refractivity contribution in [2.75, 3.05) is 13.2 Å². The Kier molecular flexibility index (Phi) is 8.30. The average Bonchev–Trinajstić information content (AvgIpc) is 2.49. The molecule has 0 spiro atoms. The summed E-state index contributed by atoms with van der Waals surface area (Å²) in [6.07, 6.45) is 4.62. The van der Waals surface area contributed by atoms with Crippen LogP contribution >= 0.6 is 0 Å². The maximum Gasteiger partial charge on any atom is 0.326 e. The van der Waals surface area contributed by atoms with Gasteiger partial charge < -0.3 is 19.9 Å².